The summed E-state index contributed by atoms with van der Waals surface area (Å²) in [4.78, 5) is 0. The maximum atomic E-state index is 11.8. The van der Waals surface area contributed by atoms with Crippen LogP contribution in [0.4, 0.5) is 5.69 Å². The van der Waals surface area contributed by atoms with Crippen LogP contribution in [0.3, 0.4) is 0 Å². The summed E-state index contributed by atoms with van der Waals surface area (Å²) in [6, 6.07) is 4.33. The zero-order chi connectivity index (χ0) is 14.2. The molecule has 2 rings (SSSR count). The van der Waals surface area contributed by atoms with Gasteiger partial charge in [-0.25, -0.2) is 8.42 Å². The van der Waals surface area contributed by atoms with Crippen LogP contribution in [0.25, 0.3) is 0 Å². The highest BCUT2D eigenvalue weighted by Gasteiger charge is 2.35. The molecule has 1 saturated carbocycles. The van der Waals surface area contributed by atoms with Gasteiger partial charge in [-0.2, -0.15) is 0 Å². The largest absolute Gasteiger partial charge is 0.381 e. The van der Waals surface area contributed by atoms with Gasteiger partial charge in [0.15, 0.2) is 9.84 Å². The zero-order valence-corrected chi connectivity index (χ0v) is 13.0. The lowest BCUT2D eigenvalue weighted by Crippen LogP contribution is -2.34. The van der Waals surface area contributed by atoms with Gasteiger partial charge in [-0.3, -0.25) is 0 Å². The molecule has 0 bridgehead atoms. The molecule has 0 heterocycles. The Labute approximate surface area is 116 Å². The maximum Gasteiger partial charge on any atom is 0.152 e. The van der Waals surface area contributed by atoms with Crippen LogP contribution >= 0.6 is 0 Å². The van der Waals surface area contributed by atoms with Crippen molar-refractivity contribution in [2.75, 3.05) is 11.6 Å². The summed E-state index contributed by atoms with van der Waals surface area (Å²) < 4.78 is 23.6. The van der Waals surface area contributed by atoms with Crippen LogP contribution in [0.15, 0.2) is 12.1 Å². The van der Waals surface area contributed by atoms with Crippen LogP contribution in [0, 0.1) is 20.8 Å². The third-order valence-electron chi connectivity index (χ3n) is 4.01. The molecular formula is C15H23NO2S. The Morgan fingerprint density at radius 2 is 1.68 bits per heavy atom. The number of nitrogens with one attached hydrogen (secondary N) is 1. The first kappa shape index (κ1) is 14.4. The van der Waals surface area contributed by atoms with E-state index < -0.39 is 9.84 Å². The Morgan fingerprint density at radius 3 is 2.21 bits per heavy atom. The number of sulfone groups is 1. The Morgan fingerprint density at radius 1 is 1.11 bits per heavy atom. The predicted octanol–water partition coefficient (Wildman–Crippen LogP) is 2.99. The molecule has 106 valence electrons. The molecule has 2 atom stereocenters. The minimum atomic E-state index is -2.97. The van der Waals surface area contributed by atoms with E-state index in [4.69, 9.17) is 0 Å². The predicted molar refractivity (Wildman–Crippen MR) is 80.5 cm³/mol. The van der Waals surface area contributed by atoms with Crippen molar-refractivity contribution in [3.05, 3.63) is 28.8 Å². The fourth-order valence-corrected chi connectivity index (χ4v) is 4.59. The van der Waals surface area contributed by atoms with E-state index in [-0.39, 0.29) is 11.3 Å². The second-order valence-electron chi connectivity index (χ2n) is 5.82. The average molecular weight is 281 g/mol. The molecule has 0 radical (unpaired) electrons. The van der Waals surface area contributed by atoms with Gasteiger partial charge in [0.1, 0.15) is 0 Å². The van der Waals surface area contributed by atoms with Crippen LogP contribution < -0.4 is 5.32 Å². The van der Waals surface area contributed by atoms with Crippen molar-refractivity contribution in [2.24, 2.45) is 0 Å². The van der Waals surface area contributed by atoms with Crippen LogP contribution in [0.5, 0.6) is 0 Å². The minimum Gasteiger partial charge on any atom is -0.381 e. The Bertz CT molecular complexity index is 555. The summed E-state index contributed by atoms with van der Waals surface area (Å²) in [6.45, 7) is 6.23. The molecule has 1 aromatic rings. The fraction of sp³-hybridized carbons (Fsp3) is 0.600. The molecule has 1 N–H and O–H groups in total. The lowest BCUT2D eigenvalue weighted by atomic mass is 10.0. The molecule has 0 aromatic heterocycles. The number of anilines is 1. The Hall–Kier alpha value is -1.03. The molecule has 0 amide bonds. The Balaban J connectivity index is 2.27. The summed E-state index contributed by atoms with van der Waals surface area (Å²) in [5.41, 5.74) is 4.73. The molecule has 2 unspecified atom stereocenters. The molecule has 19 heavy (non-hydrogen) atoms. The summed E-state index contributed by atoms with van der Waals surface area (Å²) in [5, 5.41) is 3.24. The lowest BCUT2D eigenvalue weighted by molar-refractivity contribution is 0.579. The third kappa shape index (κ3) is 3.11. The lowest BCUT2D eigenvalue weighted by Gasteiger charge is -2.23. The van der Waals surface area contributed by atoms with Gasteiger partial charge < -0.3 is 5.32 Å². The van der Waals surface area contributed by atoms with Crippen molar-refractivity contribution < 1.29 is 8.42 Å². The summed E-state index contributed by atoms with van der Waals surface area (Å²) in [6.07, 6.45) is 4.05. The van der Waals surface area contributed by atoms with Crippen molar-refractivity contribution in [3.63, 3.8) is 0 Å². The van der Waals surface area contributed by atoms with E-state index in [1.165, 1.54) is 22.9 Å². The van der Waals surface area contributed by atoms with E-state index >= 15 is 0 Å². The first-order chi connectivity index (χ1) is 8.79. The van der Waals surface area contributed by atoms with Gasteiger partial charge in [-0.15, -0.1) is 0 Å². The monoisotopic (exact) mass is 281 g/mol. The van der Waals surface area contributed by atoms with E-state index in [1.54, 1.807) is 0 Å². The van der Waals surface area contributed by atoms with Crippen molar-refractivity contribution in [1.29, 1.82) is 0 Å². The molecule has 3 nitrogen and oxygen atoms in total. The fourth-order valence-electron chi connectivity index (χ4n) is 3.20. The number of rotatable bonds is 3. The van der Waals surface area contributed by atoms with Gasteiger partial charge in [0.25, 0.3) is 0 Å². The quantitative estimate of drug-likeness (QED) is 0.926. The van der Waals surface area contributed by atoms with Crippen LogP contribution in [0.2, 0.25) is 0 Å². The average Bonchev–Trinajstić information content (AvgIpc) is 2.70. The topological polar surface area (TPSA) is 46.2 Å². The molecule has 4 heteroatoms. The maximum absolute atomic E-state index is 11.8. The van der Waals surface area contributed by atoms with E-state index in [9.17, 15) is 8.42 Å². The van der Waals surface area contributed by atoms with Gasteiger partial charge >= 0.3 is 0 Å². The second-order valence-corrected chi connectivity index (χ2v) is 8.09. The SMILES string of the molecule is Cc1cc(C)c(NC2CCCC2S(C)(=O)=O)c(C)c1. The van der Waals surface area contributed by atoms with Gasteiger partial charge in [0.2, 0.25) is 0 Å². The highest BCUT2D eigenvalue weighted by atomic mass is 32.2. The molecule has 1 fully saturated rings. The zero-order valence-electron chi connectivity index (χ0n) is 12.2. The number of hydrogen-bond acceptors (Lipinski definition) is 3. The van der Waals surface area contributed by atoms with Crippen molar-refractivity contribution in [1.82, 2.24) is 0 Å². The van der Waals surface area contributed by atoms with Gasteiger partial charge in [0, 0.05) is 18.0 Å². The van der Waals surface area contributed by atoms with Gasteiger partial charge in [-0.1, -0.05) is 17.7 Å². The second kappa shape index (κ2) is 5.16. The van der Waals surface area contributed by atoms with Crippen molar-refractivity contribution in [3.8, 4) is 0 Å². The van der Waals surface area contributed by atoms with E-state index in [2.05, 4.69) is 38.2 Å². The highest BCUT2D eigenvalue weighted by molar-refractivity contribution is 7.91. The Kier molecular flexibility index (Phi) is 3.90. The molecule has 0 spiro atoms. The van der Waals surface area contributed by atoms with Crippen LogP contribution in [-0.2, 0) is 9.84 Å². The van der Waals surface area contributed by atoms with Crippen molar-refractivity contribution >= 4 is 15.5 Å². The first-order valence-electron chi connectivity index (χ1n) is 6.82. The summed E-state index contributed by atoms with van der Waals surface area (Å²) in [5.74, 6) is 0. The van der Waals surface area contributed by atoms with E-state index in [0.717, 1.165) is 24.9 Å². The highest BCUT2D eigenvalue weighted by Crippen LogP contribution is 2.30. The van der Waals surface area contributed by atoms with E-state index in [1.807, 2.05) is 0 Å². The third-order valence-corrected chi connectivity index (χ3v) is 5.67. The molecule has 1 aliphatic rings. The van der Waals surface area contributed by atoms with Crippen LogP contribution in [-0.4, -0.2) is 26.0 Å². The minimum absolute atomic E-state index is 0.0510. The van der Waals surface area contributed by atoms with Crippen molar-refractivity contribution in [2.45, 2.75) is 51.3 Å². The number of benzene rings is 1. The summed E-state index contributed by atoms with van der Waals surface area (Å²) in [7, 11) is -2.97. The first-order valence-corrected chi connectivity index (χ1v) is 8.78. The molecule has 0 saturated heterocycles. The van der Waals surface area contributed by atoms with Gasteiger partial charge in [0.05, 0.1) is 5.25 Å². The molecule has 1 aliphatic carbocycles. The van der Waals surface area contributed by atoms with Crippen LogP contribution in [0.1, 0.15) is 36.0 Å². The molecular weight excluding hydrogens is 258 g/mol. The smallest absolute Gasteiger partial charge is 0.152 e. The molecule has 1 aromatic carbocycles. The normalized spacial score (nSPS) is 23.6. The summed E-state index contributed by atoms with van der Waals surface area (Å²) >= 11 is 0. The molecule has 0 aliphatic heterocycles. The van der Waals surface area contributed by atoms with E-state index in [0.29, 0.717) is 0 Å². The number of hydrogen-bond donors (Lipinski definition) is 1. The standard InChI is InChI=1S/C15H23NO2S/c1-10-8-11(2)15(12(3)9-10)16-13-6-5-7-14(13)19(4,17)18/h8-9,13-14,16H,5-7H2,1-4H3. The van der Waals surface area contributed by atoms with Gasteiger partial charge in [-0.05, 0) is 51.2 Å². The number of aryl methyl sites for hydroxylation is 3.